The van der Waals surface area contributed by atoms with Gasteiger partial charge in [0.2, 0.25) is 0 Å². The van der Waals surface area contributed by atoms with Crippen molar-refractivity contribution in [2.75, 3.05) is 11.5 Å². The summed E-state index contributed by atoms with van der Waals surface area (Å²) < 4.78 is 7.02. The maximum absolute atomic E-state index is 5.89. The molecule has 1 aliphatic rings. The van der Waals surface area contributed by atoms with Gasteiger partial charge in [-0.05, 0) is 30.2 Å². The Morgan fingerprint density at radius 2 is 2.41 bits per heavy atom. The zero-order chi connectivity index (χ0) is 12.3. The fraction of sp³-hybridized carbons (Fsp3) is 0.538. The highest BCUT2D eigenvalue weighted by Crippen LogP contribution is 2.32. The molecule has 1 aliphatic heterocycles. The molecule has 0 bridgehead atoms. The average molecular weight is 316 g/mol. The van der Waals surface area contributed by atoms with Crippen molar-refractivity contribution in [3.8, 4) is 5.75 Å². The van der Waals surface area contributed by atoms with E-state index in [0.29, 0.717) is 12.1 Å². The van der Waals surface area contributed by atoms with Gasteiger partial charge < -0.3 is 10.5 Å². The zero-order valence-corrected chi connectivity index (χ0v) is 12.4. The Morgan fingerprint density at radius 1 is 1.59 bits per heavy atom. The van der Waals surface area contributed by atoms with Crippen molar-refractivity contribution >= 4 is 27.7 Å². The zero-order valence-electron chi connectivity index (χ0n) is 9.99. The summed E-state index contributed by atoms with van der Waals surface area (Å²) in [5, 5.41) is 0. The number of ether oxygens (including phenoxy) is 1. The fourth-order valence-electron chi connectivity index (χ4n) is 1.85. The number of thioether (sulfide) groups is 1. The third kappa shape index (κ3) is 3.63. The lowest BCUT2D eigenvalue weighted by molar-refractivity contribution is 0.259. The van der Waals surface area contributed by atoms with E-state index in [2.05, 4.69) is 28.9 Å². The maximum atomic E-state index is 5.89. The second-order valence-electron chi connectivity index (χ2n) is 4.40. The molecule has 1 aromatic carbocycles. The molecule has 94 valence electrons. The molecule has 0 aromatic heterocycles. The summed E-state index contributed by atoms with van der Waals surface area (Å²) in [6.45, 7) is 2.13. The van der Waals surface area contributed by atoms with Gasteiger partial charge in [0.15, 0.2) is 0 Å². The van der Waals surface area contributed by atoms with Gasteiger partial charge in [0, 0.05) is 28.4 Å². The van der Waals surface area contributed by atoms with Crippen LogP contribution in [0.15, 0.2) is 22.7 Å². The molecular weight excluding hydrogens is 298 g/mol. The van der Waals surface area contributed by atoms with Crippen LogP contribution in [-0.4, -0.2) is 23.7 Å². The van der Waals surface area contributed by atoms with Crippen LogP contribution in [0.4, 0.5) is 0 Å². The molecule has 0 saturated carbocycles. The van der Waals surface area contributed by atoms with Crippen molar-refractivity contribution in [2.24, 2.45) is 5.73 Å². The third-order valence-corrected chi connectivity index (χ3v) is 4.69. The minimum absolute atomic E-state index is 0.313. The number of nitrogens with two attached hydrogens (primary N) is 1. The van der Waals surface area contributed by atoms with Crippen molar-refractivity contribution in [3.05, 3.63) is 28.2 Å². The van der Waals surface area contributed by atoms with E-state index < -0.39 is 0 Å². The molecule has 4 heteroatoms. The Balaban J connectivity index is 1.80. The van der Waals surface area contributed by atoms with Gasteiger partial charge in [0.1, 0.15) is 11.9 Å². The van der Waals surface area contributed by atoms with Gasteiger partial charge in [-0.15, -0.1) is 0 Å². The van der Waals surface area contributed by atoms with Gasteiger partial charge in [-0.25, -0.2) is 0 Å². The molecule has 2 rings (SSSR count). The van der Waals surface area contributed by atoms with Crippen LogP contribution in [0.5, 0.6) is 5.75 Å². The summed E-state index contributed by atoms with van der Waals surface area (Å²) >= 11 is 5.38. The fourth-order valence-corrected chi connectivity index (χ4v) is 3.38. The summed E-state index contributed by atoms with van der Waals surface area (Å²) in [6, 6.07) is 6.54. The third-order valence-electron chi connectivity index (χ3n) is 2.92. The van der Waals surface area contributed by atoms with E-state index in [-0.39, 0.29) is 0 Å². The molecular formula is C13H18BrNOS. The van der Waals surface area contributed by atoms with Crippen LogP contribution in [0.25, 0.3) is 0 Å². The molecule has 0 radical (unpaired) electrons. The molecule has 1 heterocycles. The lowest BCUT2D eigenvalue weighted by Gasteiger charge is -2.12. The number of hydrogen-bond donors (Lipinski definition) is 1. The predicted molar refractivity (Wildman–Crippen MR) is 77.9 cm³/mol. The van der Waals surface area contributed by atoms with Gasteiger partial charge in [-0.2, -0.15) is 11.8 Å². The van der Waals surface area contributed by atoms with Gasteiger partial charge in [0.25, 0.3) is 0 Å². The normalized spacial score (nSPS) is 19.8. The second-order valence-corrected chi connectivity index (χ2v) is 6.39. The smallest absolute Gasteiger partial charge is 0.123 e. The monoisotopic (exact) mass is 315 g/mol. The van der Waals surface area contributed by atoms with Gasteiger partial charge >= 0.3 is 0 Å². The van der Waals surface area contributed by atoms with Crippen LogP contribution in [0.3, 0.4) is 0 Å². The quantitative estimate of drug-likeness (QED) is 0.906. The Morgan fingerprint density at radius 3 is 3.18 bits per heavy atom. The molecule has 0 amide bonds. The highest BCUT2D eigenvalue weighted by atomic mass is 79.9. The van der Waals surface area contributed by atoms with E-state index in [1.807, 2.05) is 23.9 Å². The Hall–Kier alpha value is -0.190. The van der Waals surface area contributed by atoms with Crippen molar-refractivity contribution in [1.82, 2.24) is 0 Å². The summed E-state index contributed by atoms with van der Waals surface area (Å²) in [7, 11) is 0. The first kappa shape index (κ1) is 13.2. The molecule has 2 unspecified atom stereocenters. The lowest BCUT2D eigenvalue weighted by atomic mass is 10.1. The number of halogens is 1. The van der Waals surface area contributed by atoms with Gasteiger partial charge in [0.05, 0.1) is 0 Å². The molecule has 17 heavy (non-hydrogen) atoms. The largest absolute Gasteiger partial charge is 0.489 e. The van der Waals surface area contributed by atoms with E-state index in [4.69, 9.17) is 10.5 Å². The number of rotatable bonds is 5. The standard InChI is InChI=1S/C13H18BrNOS/c1-2-11(15)7-17-8-12-6-9-5-10(14)3-4-13(9)16-12/h3-5,11-12H,2,6-8,15H2,1H3. The highest BCUT2D eigenvalue weighted by molar-refractivity contribution is 9.10. The van der Waals surface area contributed by atoms with Crippen LogP contribution in [0.2, 0.25) is 0 Å². The minimum Gasteiger partial charge on any atom is -0.489 e. The van der Waals surface area contributed by atoms with Crippen molar-refractivity contribution in [1.29, 1.82) is 0 Å². The van der Waals surface area contributed by atoms with Crippen LogP contribution >= 0.6 is 27.7 Å². The first-order chi connectivity index (χ1) is 8.19. The molecule has 2 nitrogen and oxygen atoms in total. The molecule has 0 spiro atoms. The average Bonchev–Trinajstić information content (AvgIpc) is 2.70. The summed E-state index contributed by atoms with van der Waals surface area (Å²) in [6.07, 6.45) is 2.38. The lowest BCUT2D eigenvalue weighted by Crippen LogP contribution is -2.23. The topological polar surface area (TPSA) is 35.2 Å². The van der Waals surface area contributed by atoms with Crippen LogP contribution in [0, 0.1) is 0 Å². The molecule has 0 fully saturated rings. The summed E-state index contributed by atoms with van der Waals surface area (Å²) in [5.74, 6) is 3.09. The molecule has 0 aliphatic carbocycles. The maximum Gasteiger partial charge on any atom is 0.123 e. The Labute approximate surface area is 115 Å². The van der Waals surface area contributed by atoms with Gasteiger partial charge in [-0.1, -0.05) is 22.9 Å². The predicted octanol–water partition coefficient (Wildman–Crippen LogP) is 3.22. The first-order valence-electron chi connectivity index (χ1n) is 5.97. The van der Waals surface area contributed by atoms with Crippen molar-refractivity contribution in [3.63, 3.8) is 0 Å². The van der Waals surface area contributed by atoms with Gasteiger partial charge in [-0.3, -0.25) is 0 Å². The Bertz CT molecular complexity index is 386. The van der Waals surface area contributed by atoms with E-state index in [1.165, 1.54) is 5.56 Å². The summed E-state index contributed by atoms with van der Waals surface area (Å²) in [5.41, 5.74) is 7.20. The first-order valence-corrected chi connectivity index (χ1v) is 7.92. The molecule has 2 N–H and O–H groups in total. The summed E-state index contributed by atoms with van der Waals surface area (Å²) in [4.78, 5) is 0. The van der Waals surface area contributed by atoms with E-state index in [1.54, 1.807) is 0 Å². The minimum atomic E-state index is 0.313. The van der Waals surface area contributed by atoms with Crippen molar-refractivity contribution in [2.45, 2.75) is 31.9 Å². The molecule has 1 aromatic rings. The molecule has 2 atom stereocenters. The number of hydrogen-bond acceptors (Lipinski definition) is 3. The Kier molecular flexibility index (Phi) is 4.77. The van der Waals surface area contributed by atoms with E-state index in [9.17, 15) is 0 Å². The highest BCUT2D eigenvalue weighted by Gasteiger charge is 2.22. The van der Waals surface area contributed by atoms with Crippen LogP contribution in [0.1, 0.15) is 18.9 Å². The number of benzene rings is 1. The van der Waals surface area contributed by atoms with Crippen molar-refractivity contribution < 1.29 is 4.74 Å². The molecule has 0 saturated heterocycles. The second kappa shape index (κ2) is 6.12. The van der Waals surface area contributed by atoms with Crippen LogP contribution in [-0.2, 0) is 6.42 Å². The SMILES string of the molecule is CCC(N)CSCC1Cc2cc(Br)ccc2O1. The number of fused-ring (bicyclic) bond motifs is 1. The van der Waals surface area contributed by atoms with Crippen LogP contribution < -0.4 is 10.5 Å². The van der Waals surface area contributed by atoms with E-state index >= 15 is 0 Å². The van der Waals surface area contributed by atoms with E-state index in [0.717, 1.165) is 34.6 Å².